The van der Waals surface area contributed by atoms with Gasteiger partial charge in [0.25, 0.3) is 0 Å². The number of carboxylic acids is 1. The Labute approximate surface area is 244 Å². The minimum atomic E-state index is -5.19. The molecule has 0 spiro atoms. The molecule has 0 aromatic carbocycles. The molecule has 0 aromatic heterocycles. The highest BCUT2D eigenvalue weighted by molar-refractivity contribution is 5.70. The molecule has 1 N–H and O–H groups in total. The van der Waals surface area contributed by atoms with E-state index in [1.165, 1.54) is 153 Å². The minimum absolute atomic E-state index is 0.142. The predicted molar refractivity (Wildman–Crippen MR) is 158 cm³/mol. The number of ether oxygens (including phenoxy) is 1. The average molecular weight is 584 g/mol. The number of alkyl halides is 3. The van der Waals surface area contributed by atoms with Crippen LogP contribution < -0.4 is 5.11 Å². The predicted octanol–water partition coefficient (Wildman–Crippen LogP) is 7.97. The van der Waals surface area contributed by atoms with Crippen molar-refractivity contribution in [3.05, 3.63) is 0 Å². The molecule has 5 nitrogen and oxygen atoms in total. The SMILES string of the molecule is CCCCCCCCCCCCCCCCCC[N+](CCCC)(CCCC)CCOCCO.O=C([O-])C(F)(F)F. The lowest BCUT2D eigenvalue weighted by molar-refractivity contribution is -0.929. The van der Waals surface area contributed by atoms with Crippen molar-refractivity contribution in [2.24, 2.45) is 0 Å². The van der Waals surface area contributed by atoms with Gasteiger partial charge in [-0.25, -0.2) is 0 Å². The molecule has 0 heterocycles. The van der Waals surface area contributed by atoms with Crippen molar-refractivity contribution >= 4 is 5.97 Å². The van der Waals surface area contributed by atoms with E-state index in [-0.39, 0.29) is 6.61 Å². The second-order valence-electron chi connectivity index (χ2n) is 11.4. The van der Waals surface area contributed by atoms with Crippen LogP contribution in [0.5, 0.6) is 0 Å². The Balaban J connectivity index is 0. The molecule has 0 saturated carbocycles. The second kappa shape index (κ2) is 29.6. The maximum atomic E-state index is 10.5. The van der Waals surface area contributed by atoms with E-state index in [0.29, 0.717) is 6.61 Å². The van der Waals surface area contributed by atoms with Crippen LogP contribution in [0.4, 0.5) is 13.2 Å². The third-order valence-corrected chi connectivity index (χ3v) is 7.64. The summed E-state index contributed by atoms with van der Waals surface area (Å²) in [7, 11) is 0. The van der Waals surface area contributed by atoms with Gasteiger partial charge in [-0.05, 0) is 25.7 Å². The molecule has 0 aliphatic heterocycles. The summed E-state index contributed by atoms with van der Waals surface area (Å²) in [4.78, 5) is 8.78. The molecule has 0 aromatic rings. The molecule has 0 bridgehead atoms. The van der Waals surface area contributed by atoms with E-state index in [1.807, 2.05) is 0 Å². The van der Waals surface area contributed by atoms with Crippen LogP contribution in [0.1, 0.15) is 149 Å². The van der Waals surface area contributed by atoms with Crippen molar-refractivity contribution in [2.75, 3.05) is 46.0 Å². The van der Waals surface area contributed by atoms with Gasteiger partial charge >= 0.3 is 6.18 Å². The number of aliphatic hydroxyl groups excluding tert-OH is 1. The summed E-state index contributed by atoms with van der Waals surface area (Å²) in [6.07, 6.45) is 23.0. The summed E-state index contributed by atoms with van der Waals surface area (Å²) in [5.74, 6) is -3.01. The zero-order valence-electron chi connectivity index (χ0n) is 26.3. The first-order chi connectivity index (χ1) is 19.2. The molecule has 0 fully saturated rings. The lowest BCUT2D eigenvalue weighted by Gasteiger charge is -2.39. The third kappa shape index (κ3) is 28.7. The Morgan fingerprint density at radius 3 is 1.25 bits per heavy atom. The van der Waals surface area contributed by atoms with Crippen LogP contribution in [-0.2, 0) is 9.53 Å². The number of halogens is 3. The van der Waals surface area contributed by atoms with E-state index in [1.54, 1.807) is 0 Å². The van der Waals surface area contributed by atoms with Crippen molar-refractivity contribution < 1.29 is 37.4 Å². The van der Waals surface area contributed by atoms with Gasteiger partial charge in [0, 0.05) is 0 Å². The Morgan fingerprint density at radius 2 is 0.925 bits per heavy atom. The van der Waals surface area contributed by atoms with E-state index in [9.17, 15) is 13.2 Å². The van der Waals surface area contributed by atoms with Gasteiger partial charge in [-0.15, -0.1) is 0 Å². The highest BCUT2D eigenvalue weighted by atomic mass is 19.4. The number of hydrogen-bond donors (Lipinski definition) is 1. The van der Waals surface area contributed by atoms with Gasteiger partial charge in [0.2, 0.25) is 0 Å². The summed E-state index contributed by atoms with van der Waals surface area (Å²) in [6.45, 7) is 13.4. The molecular formula is C32H64F3NO4. The second-order valence-corrected chi connectivity index (χ2v) is 11.4. The fraction of sp³-hybridized carbons (Fsp3) is 0.969. The van der Waals surface area contributed by atoms with Gasteiger partial charge in [-0.3, -0.25) is 0 Å². The number of aliphatic hydroxyl groups is 1. The average Bonchev–Trinajstić information content (AvgIpc) is 2.92. The van der Waals surface area contributed by atoms with Crippen LogP contribution in [0, 0.1) is 0 Å². The van der Waals surface area contributed by atoms with Crippen molar-refractivity contribution in [1.82, 2.24) is 0 Å². The molecule has 242 valence electrons. The molecule has 8 heteroatoms. The molecule has 40 heavy (non-hydrogen) atoms. The molecule has 0 atom stereocenters. The number of hydrogen-bond acceptors (Lipinski definition) is 4. The molecule has 0 unspecified atom stereocenters. The van der Waals surface area contributed by atoms with Crippen molar-refractivity contribution in [3.8, 4) is 0 Å². The summed E-state index contributed by atoms with van der Waals surface area (Å²) >= 11 is 0. The first-order valence-corrected chi connectivity index (χ1v) is 16.5. The molecule has 0 radical (unpaired) electrons. The van der Waals surface area contributed by atoms with Crippen molar-refractivity contribution in [3.63, 3.8) is 0 Å². The highest BCUT2D eigenvalue weighted by Gasteiger charge is 2.29. The largest absolute Gasteiger partial charge is 0.542 e. The normalized spacial score (nSPS) is 11.9. The summed E-state index contributed by atoms with van der Waals surface area (Å²) in [5.41, 5.74) is 0. The first kappa shape index (κ1) is 41.3. The fourth-order valence-corrected chi connectivity index (χ4v) is 5.08. The highest BCUT2D eigenvalue weighted by Crippen LogP contribution is 2.17. The monoisotopic (exact) mass is 583 g/mol. The zero-order valence-corrected chi connectivity index (χ0v) is 26.3. The number of carbonyl (C=O) groups is 1. The molecular weight excluding hydrogens is 519 g/mol. The van der Waals surface area contributed by atoms with Gasteiger partial charge in [0.05, 0.1) is 39.5 Å². The van der Waals surface area contributed by atoms with Gasteiger partial charge < -0.3 is 24.2 Å². The number of nitrogens with zero attached hydrogens (tertiary/aromatic N) is 1. The van der Waals surface area contributed by atoms with Crippen LogP contribution in [0.3, 0.4) is 0 Å². The first-order valence-electron chi connectivity index (χ1n) is 16.5. The molecule has 0 aliphatic carbocycles. The number of aliphatic carboxylic acids is 1. The van der Waals surface area contributed by atoms with E-state index in [4.69, 9.17) is 19.7 Å². The molecule has 0 amide bonds. The Kier molecular flexibility index (Phi) is 30.6. The van der Waals surface area contributed by atoms with Crippen LogP contribution in [-0.4, -0.2) is 67.7 Å². The smallest absolute Gasteiger partial charge is 0.430 e. The number of rotatable bonds is 28. The summed E-state index contributed by atoms with van der Waals surface area (Å²) in [5, 5.41) is 17.8. The van der Waals surface area contributed by atoms with E-state index >= 15 is 0 Å². The van der Waals surface area contributed by atoms with Gasteiger partial charge in [-0.1, -0.05) is 124 Å². The number of unbranched alkanes of at least 4 members (excludes halogenated alkanes) is 17. The zero-order chi connectivity index (χ0) is 30.4. The van der Waals surface area contributed by atoms with Crippen LogP contribution in [0.25, 0.3) is 0 Å². The maximum absolute atomic E-state index is 10.5. The molecule has 0 rings (SSSR count). The topological polar surface area (TPSA) is 69.6 Å². The van der Waals surface area contributed by atoms with Crippen LogP contribution >= 0.6 is 0 Å². The molecule has 0 saturated heterocycles. The van der Waals surface area contributed by atoms with Crippen molar-refractivity contribution in [1.29, 1.82) is 0 Å². The van der Waals surface area contributed by atoms with E-state index in [2.05, 4.69) is 20.8 Å². The van der Waals surface area contributed by atoms with Crippen molar-refractivity contribution in [2.45, 2.75) is 155 Å². The van der Waals surface area contributed by atoms with Crippen LogP contribution in [0.15, 0.2) is 0 Å². The Bertz CT molecular complexity index is 525. The summed E-state index contributed by atoms with van der Waals surface area (Å²) in [6, 6.07) is 0. The van der Waals surface area contributed by atoms with Crippen LogP contribution in [0.2, 0.25) is 0 Å². The Hall–Kier alpha value is -0.860. The van der Waals surface area contributed by atoms with E-state index in [0.717, 1.165) is 13.2 Å². The number of carboxylic acid groups (broad SMARTS) is 1. The lowest BCUT2D eigenvalue weighted by atomic mass is 10.0. The maximum Gasteiger partial charge on any atom is 0.430 e. The lowest BCUT2D eigenvalue weighted by Crippen LogP contribution is -2.52. The third-order valence-electron chi connectivity index (χ3n) is 7.64. The fourth-order valence-electron chi connectivity index (χ4n) is 5.08. The van der Waals surface area contributed by atoms with Gasteiger partial charge in [0.15, 0.2) is 0 Å². The van der Waals surface area contributed by atoms with E-state index < -0.39 is 12.1 Å². The Morgan fingerprint density at radius 1 is 0.600 bits per heavy atom. The molecule has 0 aliphatic rings. The minimum Gasteiger partial charge on any atom is -0.542 e. The standard InChI is InChI=1S/C30H64NO2.C2HF3O2/c1-4-7-10-11-12-13-14-15-16-17-18-19-20-21-22-23-26-31(24-8-5-2,25-9-6-3)27-29-33-30-28-32;3-2(4,5)1(6)7/h32H,4-30H2,1-3H3;(H,6,7)/q+1;/p-1. The number of carbonyl (C=O) groups excluding carboxylic acids is 1. The number of quaternary nitrogens is 1. The van der Waals surface area contributed by atoms with Gasteiger partial charge in [0.1, 0.15) is 12.5 Å². The quantitative estimate of drug-likeness (QED) is 0.0749. The summed E-state index contributed by atoms with van der Waals surface area (Å²) < 4.78 is 38.5. The van der Waals surface area contributed by atoms with Gasteiger partial charge in [-0.2, -0.15) is 13.2 Å².